The van der Waals surface area contributed by atoms with Gasteiger partial charge >= 0.3 is 0 Å². The first-order valence-corrected chi connectivity index (χ1v) is 7.67. The number of hydrogen-bond acceptors (Lipinski definition) is 4. The molecule has 0 radical (unpaired) electrons. The molecule has 0 saturated carbocycles. The van der Waals surface area contributed by atoms with Crippen LogP contribution in [0.25, 0.3) is 0 Å². The summed E-state index contributed by atoms with van der Waals surface area (Å²) >= 11 is 0. The number of fused-ring (bicyclic) bond motifs is 1. The third kappa shape index (κ3) is 3.26. The van der Waals surface area contributed by atoms with Crippen molar-refractivity contribution < 1.29 is 14.0 Å². The lowest BCUT2D eigenvalue weighted by molar-refractivity contribution is 0.0937. The Morgan fingerprint density at radius 3 is 2.96 bits per heavy atom. The van der Waals surface area contributed by atoms with Gasteiger partial charge in [0.15, 0.2) is 5.78 Å². The summed E-state index contributed by atoms with van der Waals surface area (Å²) in [5.74, 6) is 0.249. The van der Waals surface area contributed by atoms with Gasteiger partial charge in [0.1, 0.15) is 11.3 Å². The predicted octanol–water partition coefficient (Wildman–Crippen LogP) is 1.85. The van der Waals surface area contributed by atoms with Crippen LogP contribution in [0, 0.1) is 0 Å². The molecule has 1 amide bonds. The standard InChI is InChI=1S/C17H18N2O4/c1-10(8-11-4-3-7-23-11)18-16(21)13-9-12-14(19-17(13)22)5-2-6-15(12)20/h3-4,7,9-10H,2,5-6,8H2,1H3,(H,18,21)(H,19,22)/t10-/m1/s1. The fraction of sp³-hybridized carbons (Fsp3) is 0.353. The van der Waals surface area contributed by atoms with Crippen molar-refractivity contribution in [3.8, 4) is 0 Å². The number of Topliss-reactive ketones (excluding diaryl/α,β-unsaturated/α-hetero) is 1. The normalized spacial score (nSPS) is 15.1. The molecule has 2 aromatic heterocycles. The van der Waals surface area contributed by atoms with Gasteiger partial charge in [0.2, 0.25) is 0 Å². The Labute approximate surface area is 132 Å². The van der Waals surface area contributed by atoms with Crippen LogP contribution in [-0.4, -0.2) is 22.7 Å². The van der Waals surface area contributed by atoms with Crippen molar-refractivity contribution in [1.29, 1.82) is 0 Å². The Morgan fingerprint density at radius 1 is 1.39 bits per heavy atom. The van der Waals surface area contributed by atoms with E-state index in [1.54, 1.807) is 12.3 Å². The van der Waals surface area contributed by atoms with Gasteiger partial charge in [0.05, 0.1) is 6.26 Å². The topological polar surface area (TPSA) is 92.2 Å². The van der Waals surface area contributed by atoms with E-state index in [9.17, 15) is 14.4 Å². The van der Waals surface area contributed by atoms with Crippen LogP contribution in [0.4, 0.5) is 0 Å². The number of rotatable bonds is 4. The Kier molecular flexibility index (Phi) is 4.14. The second-order valence-corrected chi connectivity index (χ2v) is 5.84. The zero-order valence-corrected chi connectivity index (χ0v) is 12.8. The number of carbonyl (C=O) groups is 2. The largest absolute Gasteiger partial charge is 0.469 e. The number of amides is 1. The van der Waals surface area contributed by atoms with Crippen LogP contribution >= 0.6 is 0 Å². The number of carbonyl (C=O) groups excluding carboxylic acids is 2. The minimum Gasteiger partial charge on any atom is -0.469 e. The lowest BCUT2D eigenvalue weighted by Crippen LogP contribution is -2.37. The van der Waals surface area contributed by atoms with Crippen molar-refractivity contribution >= 4 is 11.7 Å². The number of pyridine rings is 1. The van der Waals surface area contributed by atoms with Crippen LogP contribution < -0.4 is 10.9 Å². The van der Waals surface area contributed by atoms with Crippen molar-refractivity contribution in [3.63, 3.8) is 0 Å². The van der Waals surface area contributed by atoms with Gasteiger partial charge in [-0.05, 0) is 38.0 Å². The highest BCUT2D eigenvalue weighted by molar-refractivity contribution is 6.01. The Bertz CT molecular complexity index is 789. The summed E-state index contributed by atoms with van der Waals surface area (Å²) in [7, 11) is 0. The smallest absolute Gasteiger partial charge is 0.261 e. The first kappa shape index (κ1) is 15.3. The molecule has 0 fully saturated rings. The molecule has 2 aromatic rings. The highest BCUT2D eigenvalue weighted by Gasteiger charge is 2.22. The van der Waals surface area contributed by atoms with Gasteiger partial charge in [-0.3, -0.25) is 14.4 Å². The SMILES string of the molecule is C[C@H](Cc1ccco1)NC(=O)c1cc2c([nH]c1=O)CCCC2=O. The van der Waals surface area contributed by atoms with E-state index < -0.39 is 11.5 Å². The predicted molar refractivity (Wildman–Crippen MR) is 83.7 cm³/mol. The van der Waals surface area contributed by atoms with Crippen LogP contribution in [0.2, 0.25) is 0 Å². The van der Waals surface area contributed by atoms with Crippen molar-refractivity contribution in [2.75, 3.05) is 0 Å². The van der Waals surface area contributed by atoms with Crippen LogP contribution in [0.1, 0.15) is 51.9 Å². The summed E-state index contributed by atoms with van der Waals surface area (Å²) < 4.78 is 5.24. The first-order chi connectivity index (χ1) is 11.0. The molecule has 6 nitrogen and oxygen atoms in total. The van der Waals surface area contributed by atoms with E-state index in [4.69, 9.17) is 4.42 Å². The summed E-state index contributed by atoms with van der Waals surface area (Å²) in [6, 6.07) is 4.83. The summed E-state index contributed by atoms with van der Waals surface area (Å²) in [5.41, 5.74) is 0.609. The molecule has 1 aliphatic carbocycles. The number of nitrogens with one attached hydrogen (secondary N) is 2. The summed E-state index contributed by atoms with van der Waals surface area (Å²) in [6.07, 6.45) is 3.94. The van der Waals surface area contributed by atoms with Gasteiger partial charge in [0, 0.05) is 30.1 Å². The quantitative estimate of drug-likeness (QED) is 0.901. The van der Waals surface area contributed by atoms with E-state index >= 15 is 0 Å². The van der Waals surface area contributed by atoms with Gasteiger partial charge in [-0.2, -0.15) is 0 Å². The van der Waals surface area contributed by atoms with Gasteiger partial charge in [-0.15, -0.1) is 0 Å². The van der Waals surface area contributed by atoms with Crippen LogP contribution in [0.15, 0.2) is 33.7 Å². The molecular formula is C17H18N2O4. The maximum Gasteiger partial charge on any atom is 0.261 e. The Hall–Kier alpha value is -2.63. The van der Waals surface area contributed by atoms with Gasteiger partial charge < -0.3 is 14.7 Å². The van der Waals surface area contributed by atoms with Crippen LogP contribution in [0.3, 0.4) is 0 Å². The highest BCUT2D eigenvalue weighted by Crippen LogP contribution is 2.18. The summed E-state index contributed by atoms with van der Waals surface area (Å²) in [4.78, 5) is 39.0. The van der Waals surface area contributed by atoms with Crippen molar-refractivity contribution in [1.82, 2.24) is 10.3 Å². The second kappa shape index (κ2) is 6.24. The maximum absolute atomic E-state index is 12.3. The Morgan fingerprint density at radius 2 is 2.22 bits per heavy atom. The number of hydrogen-bond donors (Lipinski definition) is 2. The molecule has 0 unspecified atom stereocenters. The number of aryl methyl sites for hydroxylation is 1. The first-order valence-electron chi connectivity index (χ1n) is 7.67. The second-order valence-electron chi connectivity index (χ2n) is 5.84. The third-order valence-electron chi connectivity index (χ3n) is 3.96. The van der Waals surface area contributed by atoms with E-state index in [1.807, 2.05) is 13.0 Å². The highest BCUT2D eigenvalue weighted by atomic mass is 16.3. The number of aromatic nitrogens is 1. The monoisotopic (exact) mass is 314 g/mol. The fourth-order valence-corrected chi connectivity index (χ4v) is 2.83. The average Bonchev–Trinajstić information content (AvgIpc) is 2.99. The minimum absolute atomic E-state index is 0.0229. The number of ketones is 1. The van der Waals surface area contributed by atoms with Crippen molar-refractivity contribution in [3.05, 3.63) is 57.4 Å². The molecular weight excluding hydrogens is 296 g/mol. The molecule has 1 aliphatic rings. The summed E-state index contributed by atoms with van der Waals surface area (Å²) in [5, 5.41) is 2.77. The van der Waals surface area contributed by atoms with Crippen molar-refractivity contribution in [2.24, 2.45) is 0 Å². The zero-order chi connectivity index (χ0) is 16.4. The van der Waals surface area contributed by atoms with E-state index in [2.05, 4.69) is 10.3 Å². The molecule has 0 saturated heterocycles. The molecule has 0 spiro atoms. The maximum atomic E-state index is 12.3. The minimum atomic E-state index is -0.480. The summed E-state index contributed by atoms with van der Waals surface area (Å²) in [6.45, 7) is 1.83. The molecule has 0 bridgehead atoms. The molecule has 2 N–H and O–H groups in total. The van der Waals surface area contributed by atoms with E-state index in [0.717, 1.165) is 12.2 Å². The van der Waals surface area contributed by atoms with Crippen LogP contribution in [-0.2, 0) is 12.8 Å². The number of H-pyrrole nitrogens is 1. The molecule has 0 aliphatic heterocycles. The Balaban J connectivity index is 1.78. The molecule has 0 aromatic carbocycles. The lowest BCUT2D eigenvalue weighted by Gasteiger charge is -2.16. The third-order valence-corrected chi connectivity index (χ3v) is 3.96. The molecule has 120 valence electrons. The van der Waals surface area contributed by atoms with Gasteiger partial charge in [-0.25, -0.2) is 0 Å². The molecule has 23 heavy (non-hydrogen) atoms. The molecule has 1 atom stereocenters. The number of aromatic amines is 1. The number of furan rings is 1. The molecule has 6 heteroatoms. The van der Waals surface area contributed by atoms with Gasteiger partial charge in [0.25, 0.3) is 11.5 Å². The van der Waals surface area contributed by atoms with E-state index in [0.29, 0.717) is 30.5 Å². The van der Waals surface area contributed by atoms with E-state index in [-0.39, 0.29) is 17.4 Å². The lowest BCUT2D eigenvalue weighted by atomic mass is 9.93. The average molecular weight is 314 g/mol. The zero-order valence-electron chi connectivity index (χ0n) is 12.8. The fourth-order valence-electron chi connectivity index (χ4n) is 2.83. The van der Waals surface area contributed by atoms with Crippen molar-refractivity contribution in [2.45, 2.75) is 38.6 Å². The molecule has 3 rings (SSSR count). The molecule has 2 heterocycles. The van der Waals surface area contributed by atoms with Crippen LogP contribution in [0.5, 0.6) is 0 Å². The van der Waals surface area contributed by atoms with Gasteiger partial charge in [-0.1, -0.05) is 0 Å². The van der Waals surface area contributed by atoms with E-state index in [1.165, 1.54) is 6.07 Å².